The molecule has 21 heavy (non-hydrogen) atoms. The van der Waals surface area contributed by atoms with Gasteiger partial charge in [-0.25, -0.2) is 9.78 Å². The molecular weight excluding hydrogens is 268 g/mol. The van der Waals surface area contributed by atoms with Gasteiger partial charge in [0.15, 0.2) is 6.29 Å². The number of aromatic nitrogens is 2. The smallest absolute Gasteiger partial charge is 0.313 e. The Morgan fingerprint density at radius 2 is 2.43 bits per heavy atom. The first-order chi connectivity index (χ1) is 10.1. The molecule has 6 heteroatoms. The predicted octanol–water partition coefficient (Wildman–Crippen LogP) is 0.774. The number of rotatable bonds is 2. The predicted molar refractivity (Wildman–Crippen MR) is 79.0 cm³/mol. The molecule has 0 saturated heterocycles. The number of fused-ring (bicyclic) bond motifs is 1. The van der Waals surface area contributed by atoms with Crippen molar-refractivity contribution in [2.45, 2.75) is 25.8 Å². The van der Waals surface area contributed by atoms with Crippen molar-refractivity contribution in [3.63, 3.8) is 0 Å². The van der Waals surface area contributed by atoms with Gasteiger partial charge < -0.3 is 15.6 Å². The summed E-state index contributed by atoms with van der Waals surface area (Å²) in [5.41, 5.74) is 6.64. The molecule has 1 aliphatic rings. The van der Waals surface area contributed by atoms with Crippen molar-refractivity contribution in [1.82, 2.24) is 14.9 Å². The van der Waals surface area contributed by atoms with Gasteiger partial charge in [-0.3, -0.25) is 4.79 Å². The Kier molecular flexibility index (Phi) is 4.57. The molecule has 1 aromatic heterocycles. The molecule has 1 aromatic rings. The lowest BCUT2D eigenvalue weighted by atomic mass is 10.1. The molecule has 0 aliphatic carbocycles. The second-order valence-corrected chi connectivity index (χ2v) is 4.62. The van der Waals surface area contributed by atoms with Gasteiger partial charge in [-0.15, -0.1) is 0 Å². The van der Waals surface area contributed by atoms with Crippen molar-refractivity contribution in [2.24, 2.45) is 5.73 Å². The van der Waals surface area contributed by atoms with Crippen LogP contribution in [-0.2, 0) is 11.2 Å². The van der Waals surface area contributed by atoms with Gasteiger partial charge in [0, 0.05) is 24.4 Å². The third kappa shape index (κ3) is 4.08. The summed E-state index contributed by atoms with van der Waals surface area (Å²) in [4.78, 5) is 26.0. The number of hydrogen-bond donors (Lipinski definition) is 2. The first-order valence-corrected chi connectivity index (χ1v) is 6.54. The average molecular weight is 284 g/mol. The molecule has 6 nitrogen and oxygen atoms in total. The minimum Gasteiger partial charge on any atom is -0.352 e. The standard InChI is InChI=1S/C15H16N4O2/c1-11-8-19-9-12(4-2-3-5-14(19)17-11)6-7-13(10-20)18-15(16)21/h2,4,8-10,13H,3,5H2,1H3,(H3,16,18,21)/b4-2-,12-9+. The van der Waals surface area contributed by atoms with Gasteiger partial charge in [0.1, 0.15) is 11.9 Å². The summed E-state index contributed by atoms with van der Waals surface area (Å²) in [6, 6.07) is -1.69. The van der Waals surface area contributed by atoms with Gasteiger partial charge in [-0.05, 0) is 19.4 Å². The number of aryl methyl sites for hydroxylation is 2. The lowest BCUT2D eigenvalue weighted by Gasteiger charge is -2.05. The van der Waals surface area contributed by atoms with Crippen LogP contribution < -0.4 is 11.1 Å². The van der Waals surface area contributed by atoms with Gasteiger partial charge in [0.05, 0.1) is 5.69 Å². The lowest BCUT2D eigenvalue weighted by molar-refractivity contribution is -0.108. The van der Waals surface area contributed by atoms with Crippen molar-refractivity contribution in [3.05, 3.63) is 35.4 Å². The summed E-state index contributed by atoms with van der Waals surface area (Å²) >= 11 is 0. The molecule has 0 bridgehead atoms. The SMILES string of the molecule is Cc1cn2c(n1)CC/C=C\C(C#CC(C=O)NC(N)=O)=C/2. The van der Waals surface area contributed by atoms with Crippen LogP contribution in [0.3, 0.4) is 0 Å². The summed E-state index contributed by atoms with van der Waals surface area (Å²) in [5.74, 6) is 6.51. The molecule has 1 atom stereocenters. The Balaban J connectivity index is 2.27. The van der Waals surface area contributed by atoms with Crippen LogP contribution in [0.2, 0.25) is 0 Å². The number of carbonyl (C=O) groups is 2. The zero-order chi connectivity index (χ0) is 15.2. The fourth-order valence-corrected chi connectivity index (χ4v) is 1.97. The van der Waals surface area contributed by atoms with Crippen molar-refractivity contribution in [3.8, 4) is 11.8 Å². The van der Waals surface area contributed by atoms with E-state index in [1.54, 1.807) is 0 Å². The van der Waals surface area contributed by atoms with E-state index < -0.39 is 12.1 Å². The van der Waals surface area contributed by atoms with E-state index in [0.29, 0.717) is 6.29 Å². The van der Waals surface area contributed by atoms with E-state index in [2.05, 4.69) is 22.1 Å². The number of nitrogens with one attached hydrogen (secondary N) is 1. The molecule has 108 valence electrons. The second-order valence-electron chi connectivity index (χ2n) is 4.62. The molecule has 1 unspecified atom stereocenters. The van der Waals surface area contributed by atoms with Crippen molar-refractivity contribution < 1.29 is 9.59 Å². The molecule has 2 rings (SSSR count). The van der Waals surface area contributed by atoms with Gasteiger partial charge in [0.25, 0.3) is 0 Å². The van der Waals surface area contributed by atoms with E-state index >= 15 is 0 Å². The van der Waals surface area contributed by atoms with Crippen LogP contribution in [0, 0.1) is 18.8 Å². The van der Waals surface area contributed by atoms with E-state index in [1.165, 1.54) is 0 Å². The van der Waals surface area contributed by atoms with Crippen LogP contribution in [0.15, 0.2) is 23.9 Å². The molecule has 2 heterocycles. The highest BCUT2D eigenvalue weighted by atomic mass is 16.2. The minimum atomic E-state index is -0.911. The fraction of sp³-hybridized carbons (Fsp3) is 0.267. The van der Waals surface area contributed by atoms with E-state index in [4.69, 9.17) is 5.73 Å². The molecular formula is C15H16N4O2. The Labute approximate surface area is 122 Å². The summed E-state index contributed by atoms with van der Waals surface area (Å²) in [5, 5.41) is 2.25. The van der Waals surface area contributed by atoms with Gasteiger partial charge >= 0.3 is 6.03 Å². The van der Waals surface area contributed by atoms with E-state index in [9.17, 15) is 9.59 Å². The molecule has 0 aromatic carbocycles. The number of amides is 2. The number of nitrogens with two attached hydrogens (primary N) is 1. The first-order valence-electron chi connectivity index (χ1n) is 6.54. The average Bonchev–Trinajstić information content (AvgIpc) is 2.74. The monoisotopic (exact) mass is 284 g/mol. The number of carbonyl (C=O) groups excluding carboxylic acids is 2. The third-order valence-electron chi connectivity index (χ3n) is 2.85. The first kappa shape index (κ1) is 14.6. The van der Waals surface area contributed by atoms with Crippen LogP contribution in [0.4, 0.5) is 4.79 Å². The number of urea groups is 1. The maximum Gasteiger partial charge on any atom is 0.313 e. The molecule has 2 amide bonds. The highest BCUT2D eigenvalue weighted by Crippen LogP contribution is 2.12. The van der Waals surface area contributed by atoms with Crippen molar-refractivity contribution in [2.75, 3.05) is 0 Å². The Morgan fingerprint density at radius 1 is 1.62 bits per heavy atom. The van der Waals surface area contributed by atoms with Crippen LogP contribution in [0.25, 0.3) is 6.20 Å². The largest absolute Gasteiger partial charge is 0.352 e. The molecule has 0 spiro atoms. The highest BCUT2D eigenvalue weighted by molar-refractivity contribution is 5.78. The zero-order valence-electron chi connectivity index (χ0n) is 11.7. The van der Waals surface area contributed by atoms with Crippen LogP contribution in [0.1, 0.15) is 17.9 Å². The topological polar surface area (TPSA) is 90.0 Å². The Hall–Kier alpha value is -2.81. The zero-order valence-corrected chi connectivity index (χ0v) is 11.7. The van der Waals surface area contributed by atoms with Crippen molar-refractivity contribution >= 4 is 18.5 Å². The van der Waals surface area contributed by atoms with Gasteiger partial charge in [-0.1, -0.05) is 17.9 Å². The lowest BCUT2D eigenvalue weighted by Crippen LogP contribution is -2.38. The number of hydrogen-bond acceptors (Lipinski definition) is 3. The number of primary amides is 1. The normalized spacial score (nSPS) is 18.6. The van der Waals surface area contributed by atoms with Crippen LogP contribution in [0.5, 0.6) is 0 Å². The molecule has 0 radical (unpaired) electrons. The maximum atomic E-state index is 10.8. The molecule has 1 aliphatic heterocycles. The third-order valence-corrected chi connectivity index (χ3v) is 2.85. The number of allylic oxidation sites excluding steroid dienone is 3. The van der Waals surface area contributed by atoms with Crippen LogP contribution in [-0.4, -0.2) is 27.9 Å². The van der Waals surface area contributed by atoms with E-state index in [1.807, 2.05) is 36.0 Å². The highest BCUT2D eigenvalue weighted by Gasteiger charge is 2.06. The number of imidazole rings is 1. The molecule has 0 saturated carbocycles. The van der Waals surface area contributed by atoms with Gasteiger partial charge in [-0.2, -0.15) is 0 Å². The maximum absolute atomic E-state index is 10.8. The van der Waals surface area contributed by atoms with E-state index in [-0.39, 0.29) is 0 Å². The van der Waals surface area contributed by atoms with E-state index in [0.717, 1.165) is 29.9 Å². The summed E-state index contributed by atoms with van der Waals surface area (Å²) < 4.78 is 1.93. The Morgan fingerprint density at radius 3 is 3.14 bits per heavy atom. The summed E-state index contributed by atoms with van der Waals surface area (Å²) in [7, 11) is 0. The minimum absolute atomic E-state index is 0.539. The Bertz CT molecular complexity index is 674. The summed E-state index contributed by atoms with van der Waals surface area (Å²) in [6.45, 7) is 1.93. The number of nitrogens with zero attached hydrogens (tertiary/aromatic N) is 2. The second kappa shape index (κ2) is 6.57. The van der Waals surface area contributed by atoms with Gasteiger partial charge in [0.2, 0.25) is 0 Å². The van der Waals surface area contributed by atoms with Crippen LogP contribution >= 0.6 is 0 Å². The van der Waals surface area contributed by atoms with Crippen molar-refractivity contribution in [1.29, 1.82) is 0 Å². The number of aldehydes is 1. The summed E-state index contributed by atoms with van der Waals surface area (Å²) in [6.07, 6.45) is 9.94. The quantitative estimate of drug-likeness (QED) is 0.621. The molecule has 0 fully saturated rings. The molecule has 3 N–H and O–H groups in total. The fourth-order valence-electron chi connectivity index (χ4n) is 1.97.